The van der Waals surface area contributed by atoms with Gasteiger partial charge in [-0.3, -0.25) is 9.59 Å². The van der Waals surface area contributed by atoms with Crippen LogP contribution in [0.5, 0.6) is 5.75 Å². The van der Waals surface area contributed by atoms with E-state index in [1.165, 1.54) is 6.07 Å². The number of amides is 2. The Morgan fingerprint density at radius 1 is 1.06 bits per heavy atom. The van der Waals surface area contributed by atoms with Gasteiger partial charge in [0.2, 0.25) is 5.91 Å². The molecule has 0 radical (unpaired) electrons. The predicted molar refractivity (Wildman–Crippen MR) is 124 cm³/mol. The Kier molecular flexibility index (Phi) is 8.27. The lowest BCUT2D eigenvalue weighted by Crippen LogP contribution is -2.32. The fourth-order valence-electron chi connectivity index (χ4n) is 3.65. The van der Waals surface area contributed by atoms with Gasteiger partial charge in [0.15, 0.2) is 9.84 Å². The van der Waals surface area contributed by atoms with Crippen LogP contribution in [0.1, 0.15) is 55.8 Å². The third-order valence-corrected chi connectivity index (χ3v) is 7.74. The highest BCUT2D eigenvalue weighted by atomic mass is 32.2. The smallest absolute Gasteiger partial charge is 0.251 e. The highest BCUT2D eigenvalue weighted by Crippen LogP contribution is 2.30. The fraction of sp³-hybridized carbons (Fsp3) is 0.417. The summed E-state index contributed by atoms with van der Waals surface area (Å²) in [5.74, 6) is -0.119. The third-order valence-electron chi connectivity index (χ3n) is 5.48. The quantitative estimate of drug-likeness (QED) is 0.525. The van der Waals surface area contributed by atoms with Crippen LogP contribution < -0.4 is 15.4 Å². The maximum atomic E-state index is 12.8. The van der Waals surface area contributed by atoms with Crippen molar-refractivity contribution in [2.45, 2.75) is 55.6 Å². The molecule has 1 fully saturated rings. The van der Waals surface area contributed by atoms with Gasteiger partial charge in [0.25, 0.3) is 5.91 Å². The number of benzene rings is 2. The molecule has 0 atom stereocenters. The highest BCUT2D eigenvalue weighted by molar-refractivity contribution is 7.92. The summed E-state index contributed by atoms with van der Waals surface area (Å²) in [5.41, 5.74) is 0.808. The molecular formula is C24H30N2O5S. The van der Waals surface area contributed by atoms with E-state index in [1.54, 1.807) is 42.5 Å². The average Bonchev–Trinajstić information content (AvgIpc) is 3.34. The minimum absolute atomic E-state index is 0.215. The van der Waals surface area contributed by atoms with E-state index in [-0.39, 0.29) is 22.6 Å². The zero-order valence-corrected chi connectivity index (χ0v) is 19.1. The second-order valence-electron chi connectivity index (χ2n) is 7.94. The number of ether oxygens (including phenoxy) is 1. The Hall–Kier alpha value is -2.87. The summed E-state index contributed by atoms with van der Waals surface area (Å²) in [7, 11) is -3.40. The first kappa shape index (κ1) is 23.8. The molecule has 2 N–H and O–H groups in total. The minimum Gasteiger partial charge on any atom is -0.494 e. The Balaban J connectivity index is 1.52. The molecule has 32 heavy (non-hydrogen) atoms. The number of anilines is 1. The van der Waals surface area contributed by atoms with Crippen molar-refractivity contribution >= 4 is 27.3 Å². The van der Waals surface area contributed by atoms with Crippen molar-refractivity contribution in [2.24, 2.45) is 0 Å². The second-order valence-corrected chi connectivity index (χ2v) is 10.2. The van der Waals surface area contributed by atoms with Gasteiger partial charge in [0, 0.05) is 11.3 Å². The zero-order chi connectivity index (χ0) is 23.0. The molecule has 0 unspecified atom stereocenters. The lowest BCUT2D eigenvalue weighted by atomic mass is 10.2. The molecule has 0 saturated heterocycles. The van der Waals surface area contributed by atoms with Crippen LogP contribution in [-0.2, 0) is 14.6 Å². The first-order valence-electron chi connectivity index (χ1n) is 11.0. The maximum absolute atomic E-state index is 12.8. The number of sulfone groups is 1. The average molecular weight is 459 g/mol. The van der Waals surface area contributed by atoms with Crippen LogP contribution in [0.25, 0.3) is 0 Å². The number of rotatable bonds is 10. The molecule has 1 saturated carbocycles. The third kappa shape index (κ3) is 6.32. The summed E-state index contributed by atoms with van der Waals surface area (Å²) < 4.78 is 31.1. The van der Waals surface area contributed by atoms with Gasteiger partial charge in [-0.2, -0.15) is 0 Å². The van der Waals surface area contributed by atoms with E-state index in [4.69, 9.17) is 4.74 Å². The van der Waals surface area contributed by atoms with E-state index < -0.39 is 15.7 Å². The topological polar surface area (TPSA) is 102 Å². The number of carbonyl (C=O) groups is 2. The summed E-state index contributed by atoms with van der Waals surface area (Å²) in [6, 6.07) is 13.0. The van der Waals surface area contributed by atoms with Gasteiger partial charge in [-0.1, -0.05) is 32.3 Å². The van der Waals surface area contributed by atoms with Crippen LogP contribution in [0.2, 0.25) is 0 Å². The van der Waals surface area contributed by atoms with Crippen LogP contribution in [0.3, 0.4) is 0 Å². The van der Waals surface area contributed by atoms with Gasteiger partial charge < -0.3 is 15.4 Å². The summed E-state index contributed by atoms with van der Waals surface area (Å²) in [5, 5.41) is 4.87. The largest absolute Gasteiger partial charge is 0.494 e. The van der Waals surface area contributed by atoms with Crippen molar-refractivity contribution in [1.82, 2.24) is 5.32 Å². The molecule has 7 nitrogen and oxygen atoms in total. The van der Waals surface area contributed by atoms with Gasteiger partial charge in [-0.25, -0.2) is 8.42 Å². The first-order chi connectivity index (χ1) is 15.4. The van der Waals surface area contributed by atoms with Crippen molar-refractivity contribution in [2.75, 3.05) is 18.5 Å². The van der Waals surface area contributed by atoms with Crippen molar-refractivity contribution in [3.8, 4) is 5.75 Å². The molecular weight excluding hydrogens is 428 g/mol. The second kappa shape index (κ2) is 11.1. The maximum Gasteiger partial charge on any atom is 0.251 e. The molecule has 0 bridgehead atoms. The molecule has 1 aliphatic carbocycles. The number of carbonyl (C=O) groups excluding carboxylic acids is 2. The van der Waals surface area contributed by atoms with Crippen molar-refractivity contribution in [3.05, 3.63) is 54.1 Å². The molecule has 2 aromatic rings. The fourth-order valence-corrected chi connectivity index (χ4v) is 5.54. The summed E-state index contributed by atoms with van der Waals surface area (Å²) in [4.78, 5) is 24.8. The lowest BCUT2D eigenvalue weighted by Gasteiger charge is -2.13. The van der Waals surface area contributed by atoms with Crippen molar-refractivity contribution in [1.29, 1.82) is 0 Å². The summed E-state index contributed by atoms with van der Waals surface area (Å²) in [6.07, 6.45) is 5.22. The van der Waals surface area contributed by atoms with Gasteiger partial charge in [-0.15, -0.1) is 0 Å². The van der Waals surface area contributed by atoms with Crippen LogP contribution >= 0.6 is 0 Å². The van der Waals surface area contributed by atoms with Crippen molar-refractivity contribution in [3.63, 3.8) is 0 Å². The van der Waals surface area contributed by atoms with Gasteiger partial charge in [0.05, 0.1) is 23.3 Å². The Morgan fingerprint density at radius 3 is 2.47 bits per heavy atom. The van der Waals surface area contributed by atoms with E-state index in [2.05, 4.69) is 17.6 Å². The highest BCUT2D eigenvalue weighted by Gasteiger charge is 2.30. The molecule has 2 amide bonds. The molecule has 2 aromatic carbocycles. The van der Waals surface area contributed by atoms with E-state index in [0.29, 0.717) is 36.4 Å². The molecule has 3 rings (SSSR count). The molecule has 1 aliphatic rings. The molecule has 172 valence electrons. The molecule has 0 heterocycles. The number of nitrogens with one attached hydrogen (secondary N) is 2. The van der Waals surface area contributed by atoms with E-state index in [1.807, 2.05) is 0 Å². The first-order valence-corrected chi connectivity index (χ1v) is 12.6. The monoisotopic (exact) mass is 458 g/mol. The molecule has 0 aromatic heterocycles. The normalized spacial score (nSPS) is 14.2. The van der Waals surface area contributed by atoms with Gasteiger partial charge >= 0.3 is 0 Å². The lowest BCUT2D eigenvalue weighted by molar-refractivity contribution is -0.115. The summed E-state index contributed by atoms with van der Waals surface area (Å²) >= 11 is 0. The van der Waals surface area contributed by atoms with Crippen LogP contribution in [-0.4, -0.2) is 38.6 Å². The Labute approximate surface area is 189 Å². The number of unbranched alkanes of at least 4 members (excludes halogenated alkanes) is 1. The van der Waals surface area contributed by atoms with Gasteiger partial charge in [-0.05, 0) is 61.7 Å². The standard InChI is InChI=1S/C24H30N2O5S/c1-2-3-15-31-20-13-11-18(12-14-20)24(28)25-17-23(27)26-19-7-6-10-22(16-19)32(29,30)21-8-4-5-9-21/h6-7,10-14,16,21H,2-5,8-9,15,17H2,1H3,(H,25,28)(H,26,27). The number of hydrogen-bond donors (Lipinski definition) is 2. The molecule has 0 aliphatic heterocycles. The van der Waals surface area contributed by atoms with Crippen LogP contribution in [0, 0.1) is 0 Å². The molecule has 0 spiro atoms. The van der Waals surface area contributed by atoms with E-state index in [0.717, 1.165) is 25.7 Å². The van der Waals surface area contributed by atoms with E-state index in [9.17, 15) is 18.0 Å². The SMILES string of the molecule is CCCCOc1ccc(C(=O)NCC(=O)Nc2cccc(S(=O)(=O)C3CCCC3)c2)cc1. The Morgan fingerprint density at radius 2 is 1.78 bits per heavy atom. The number of hydrogen-bond acceptors (Lipinski definition) is 5. The van der Waals surface area contributed by atoms with Gasteiger partial charge in [0.1, 0.15) is 5.75 Å². The molecule has 8 heteroatoms. The van der Waals surface area contributed by atoms with E-state index >= 15 is 0 Å². The zero-order valence-electron chi connectivity index (χ0n) is 18.3. The minimum atomic E-state index is -3.40. The van der Waals surface area contributed by atoms with Crippen LogP contribution in [0.4, 0.5) is 5.69 Å². The predicted octanol–water partition coefficient (Wildman–Crippen LogP) is 3.95. The van der Waals surface area contributed by atoms with Crippen LogP contribution in [0.15, 0.2) is 53.4 Å². The van der Waals surface area contributed by atoms with Crippen molar-refractivity contribution < 1.29 is 22.7 Å². The Bertz CT molecular complexity index is 1030. The summed E-state index contributed by atoms with van der Waals surface area (Å²) in [6.45, 7) is 2.49.